The summed E-state index contributed by atoms with van der Waals surface area (Å²) in [5, 5.41) is 3.75. The number of carbonyl (C=O) groups excluding carboxylic acids is 2. The van der Waals surface area contributed by atoms with Gasteiger partial charge in [0.2, 0.25) is 5.91 Å². The van der Waals surface area contributed by atoms with Crippen molar-refractivity contribution in [3.05, 3.63) is 28.4 Å². The number of hydrogen-bond donors (Lipinski definition) is 1. The standard InChI is InChI=1S/C13H15N3O3/c1-8(17)16-10-5-4-9(13(18)19-2)11-12(10)15-7-3-6-14-11/h4-5H,3,6-7H2,1-2H3,(H,16,17). The number of rotatable bonds is 2. The van der Waals surface area contributed by atoms with Gasteiger partial charge in [-0.3, -0.25) is 14.8 Å². The number of benzene rings is 1. The lowest BCUT2D eigenvalue weighted by molar-refractivity contribution is -0.114. The molecule has 0 bridgehead atoms. The molecular formula is C13H15N3O3. The van der Waals surface area contributed by atoms with E-state index in [1.165, 1.54) is 14.0 Å². The van der Waals surface area contributed by atoms with Crippen molar-refractivity contribution >= 4 is 17.6 Å². The van der Waals surface area contributed by atoms with Gasteiger partial charge in [0.05, 0.1) is 23.7 Å². The van der Waals surface area contributed by atoms with E-state index in [4.69, 9.17) is 4.74 Å². The molecule has 1 N–H and O–H groups in total. The first-order chi connectivity index (χ1) is 9.13. The third kappa shape index (κ3) is 2.78. The molecule has 0 aromatic heterocycles. The number of ether oxygens (including phenoxy) is 1. The van der Waals surface area contributed by atoms with Crippen molar-refractivity contribution in [2.45, 2.75) is 13.3 Å². The Balaban J connectivity index is 2.69. The van der Waals surface area contributed by atoms with Crippen LogP contribution in [-0.4, -0.2) is 32.1 Å². The highest BCUT2D eigenvalue weighted by molar-refractivity contribution is 5.91. The maximum Gasteiger partial charge on any atom is 0.340 e. The Labute approximate surface area is 110 Å². The minimum Gasteiger partial charge on any atom is -0.465 e. The van der Waals surface area contributed by atoms with Crippen molar-refractivity contribution in [2.24, 2.45) is 9.98 Å². The molecule has 0 fully saturated rings. The minimum absolute atomic E-state index is 0.188. The topological polar surface area (TPSA) is 80.1 Å². The van der Waals surface area contributed by atoms with E-state index in [0.717, 1.165) is 6.42 Å². The number of amides is 1. The van der Waals surface area contributed by atoms with Crippen LogP contribution in [0.15, 0.2) is 22.1 Å². The van der Waals surface area contributed by atoms with E-state index in [-0.39, 0.29) is 5.91 Å². The fourth-order valence-electron chi connectivity index (χ4n) is 1.92. The molecule has 0 unspecified atom stereocenters. The zero-order valence-electron chi connectivity index (χ0n) is 10.9. The molecule has 0 radical (unpaired) electrons. The molecule has 1 amide bonds. The monoisotopic (exact) mass is 261 g/mol. The van der Waals surface area contributed by atoms with Crippen LogP contribution >= 0.6 is 0 Å². The number of methoxy groups -OCH3 is 1. The van der Waals surface area contributed by atoms with Crippen molar-refractivity contribution in [3.63, 3.8) is 0 Å². The van der Waals surface area contributed by atoms with Crippen LogP contribution in [0.5, 0.6) is 0 Å². The lowest BCUT2D eigenvalue weighted by atomic mass is 10.1. The summed E-state index contributed by atoms with van der Waals surface area (Å²) in [4.78, 5) is 31.7. The molecule has 0 saturated carbocycles. The van der Waals surface area contributed by atoms with Gasteiger partial charge in [-0.15, -0.1) is 0 Å². The van der Waals surface area contributed by atoms with Crippen molar-refractivity contribution in [1.29, 1.82) is 0 Å². The van der Waals surface area contributed by atoms with E-state index in [1.54, 1.807) is 12.1 Å². The number of fused-ring (bicyclic) bond motifs is 1. The van der Waals surface area contributed by atoms with Crippen molar-refractivity contribution in [1.82, 2.24) is 0 Å². The van der Waals surface area contributed by atoms with Crippen LogP contribution in [0.3, 0.4) is 0 Å². The van der Waals surface area contributed by atoms with Crippen LogP contribution in [0, 0.1) is 0 Å². The van der Waals surface area contributed by atoms with E-state index in [2.05, 4.69) is 15.3 Å². The summed E-state index contributed by atoms with van der Waals surface area (Å²) in [6, 6.07) is 3.25. The SMILES string of the molecule is COC(=O)c1ccc(NC(C)=O)c2c1=NCCCN=2. The molecule has 0 atom stereocenters. The Morgan fingerprint density at radius 1 is 1.21 bits per heavy atom. The molecule has 100 valence electrons. The van der Waals surface area contributed by atoms with Gasteiger partial charge in [0.15, 0.2) is 0 Å². The molecule has 1 heterocycles. The number of nitrogens with zero attached hydrogens (tertiary/aromatic N) is 2. The summed E-state index contributed by atoms with van der Waals surface area (Å²) in [6.07, 6.45) is 0.814. The summed E-state index contributed by atoms with van der Waals surface area (Å²) >= 11 is 0. The summed E-state index contributed by atoms with van der Waals surface area (Å²) in [5.41, 5.74) is 0.943. The van der Waals surface area contributed by atoms with E-state index in [9.17, 15) is 9.59 Å². The summed E-state index contributed by atoms with van der Waals surface area (Å²) in [5.74, 6) is -0.640. The van der Waals surface area contributed by atoms with Gasteiger partial charge >= 0.3 is 5.97 Å². The second kappa shape index (κ2) is 5.60. The predicted octanol–water partition coefficient (Wildman–Crippen LogP) is 0.0745. The average molecular weight is 261 g/mol. The normalized spacial score (nSPS) is 13.4. The van der Waals surface area contributed by atoms with Crippen molar-refractivity contribution in [3.8, 4) is 0 Å². The number of hydrogen-bond acceptors (Lipinski definition) is 5. The Morgan fingerprint density at radius 2 is 1.89 bits per heavy atom. The van der Waals surface area contributed by atoms with Crippen LogP contribution in [0.1, 0.15) is 23.7 Å². The molecule has 6 heteroatoms. The van der Waals surface area contributed by atoms with Gasteiger partial charge in [0.25, 0.3) is 0 Å². The molecule has 1 aromatic rings. The first kappa shape index (κ1) is 13.2. The highest BCUT2D eigenvalue weighted by atomic mass is 16.5. The smallest absolute Gasteiger partial charge is 0.340 e. The molecule has 1 aromatic carbocycles. The summed E-state index contributed by atoms with van der Waals surface area (Å²) < 4.78 is 4.74. The van der Waals surface area contributed by atoms with Crippen LogP contribution < -0.4 is 16.0 Å². The summed E-state index contributed by atoms with van der Waals surface area (Å²) in [7, 11) is 1.32. The minimum atomic E-state index is -0.452. The fraction of sp³-hybridized carbons (Fsp3) is 0.385. The lowest BCUT2D eigenvalue weighted by Gasteiger charge is -2.05. The number of esters is 1. The zero-order valence-corrected chi connectivity index (χ0v) is 10.9. The lowest BCUT2D eigenvalue weighted by Crippen LogP contribution is -2.35. The van der Waals surface area contributed by atoms with E-state index >= 15 is 0 Å². The highest BCUT2D eigenvalue weighted by Crippen LogP contribution is 2.03. The van der Waals surface area contributed by atoms with Gasteiger partial charge in [-0.05, 0) is 18.6 Å². The zero-order chi connectivity index (χ0) is 13.8. The Bertz CT molecular complexity index is 637. The van der Waals surface area contributed by atoms with Crippen molar-refractivity contribution in [2.75, 3.05) is 25.5 Å². The van der Waals surface area contributed by atoms with Gasteiger partial charge in [0.1, 0.15) is 5.36 Å². The Hall–Kier alpha value is -2.24. The van der Waals surface area contributed by atoms with E-state index < -0.39 is 5.97 Å². The maximum atomic E-state index is 11.7. The predicted molar refractivity (Wildman–Crippen MR) is 68.7 cm³/mol. The Morgan fingerprint density at radius 3 is 2.53 bits per heavy atom. The number of nitrogens with one attached hydrogen (secondary N) is 1. The van der Waals surface area contributed by atoms with Gasteiger partial charge in [0, 0.05) is 20.0 Å². The van der Waals surface area contributed by atoms with E-state index in [1.807, 2.05) is 0 Å². The third-order valence-corrected chi connectivity index (χ3v) is 2.72. The summed E-state index contributed by atoms with van der Waals surface area (Å²) in [6.45, 7) is 2.65. The molecular weight excluding hydrogens is 246 g/mol. The van der Waals surface area contributed by atoms with Gasteiger partial charge in [-0.25, -0.2) is 4.79 Å². The molecule has 0 spiro atoms. The quantitative estimate of drug-likeness (QED) is 0.765. The molecule has 6 nitrogen and oxygen atoms in total. The first-order valence-electron chi connectivity index (χ1n) is 6.01. The second-order valence-electron chi connectivity index (χ2n) is 4.15. The fourth-order valence-corrected chi connectivity index (χ4v) is 1.92. The maximum absolute atomic E-state index is 11.7. The largest absolute Gasteiger partial charge is 0.465 e. The van der Waals surface area contributed by atoms with Crippen LogP contribution in [-0.2, 0) is 9.53 Å². The number of carbonyl (C=O) groups is 2. The van der Waals surface area contributed by atoms with E-state index in [0.29, 0.717) is 35.1 Å². The van der Waals surface area contributed by atoms with Crippen LogP contribution in [0.25, 0.3) is 0 Å². The van der Waals surface area contributed by atoms with Gasteiger partial charge in [-0.2, -0.15) is 0 Å². The molecule has 0 aliphatic carbocycles. The number of anilines is 1. The second-order valence-corrected chi connectivity index (χ2v) is 4.15. The third-order valence-electron chi connectivity index (χ3n) is 2.72. The molecule has 19 heavy (non-hydrogen) atoms. The van der Waals surface area contributed by atoms with Gasteiger partial charge in [-0.1, -0.05) is 0 Å². The van der Waals surface area contributed by atoms with Crippen LogP contribution in [0.4, 0.5) is 5.69 Å². The first-order valence-corrected chi connectivity index (χ1v) is 6.01. The molecule has 1 aliphatic heterocycles. The molecule has 0 saturated heterocycles. The highest BCUT2D eigenvalue weighted by Gasteiger charge is 2.14. The molecule has 2 rings (SSSR count). The average Bonchev–Trinajstić information content (AvgIpc) is 2.63. The Kier molecular flexibility index (Phi) is 3.89. The van der Waals surface area contributed by atoms with Crippen molar-refractivity contribution < 1.29 is 14.3 Å². The van der Waals surface area contributed by atoms with Crippen LogP contribution in [0.2, 0.25) is 0 Å². The molecule has 1 aliphatic rings. The van der Waals surface area contributed by atoms with Gasteiger partial charge < -0.3 is 10.1 Å².